The zero-order valence-corrected chi connectivity index (χ0v) is 18.4. The molecule has 0 saturated carbocycles. The van der Waals surface area contributed by atoms with Gasteiger partial charge in [-0.1, -0.05) is 103 Å². The Morgan fingerprint density at radius 2 is 1.09 bits per heavy atom. The molecule has 0 aliphatic heterocycles. The largest absolute Gasteiger partial charge is 0.233 e. The predicted molar refractivity (Wildman–Crippen MR) is 138 cm³/mol. The van der Waals surface area contributed by atoms with Crippen LogP contribution in [0, 0.1) is 6.92 Å². The average molecular weight is 423 g/mol. The van der Waals surface area contributed by atoms with E-state index in [-0.39, 0.29) is 0 Å². The van der Waals surface area contributed by atoms with Gasteiger partial charge in [0.05, 0.1) is 11.2 Å². The van der Waals surface area contributed by atoms with Crippen molar-refractivity contribution in [3.63, 3.8) is 0 Å². The van der Waals surface area contributed by atoms with Gasteiger partial charge in [0.15, 0.2) is 0 Å². The van der Waals surface area contributed by atoms with Gasteiger partial charge in [0, 0.05) is 10.9 Å². The van der Waals surface area contributed by atoms with Crippen molar-refractivity contribution in [1.82, 2.24) is 9.97 Å². The van der Waals surface area contributed by atoms with E-state index in [1.807, 2.05) is 13.0 Å². The second kappa shape index (κ2) is 7.99. The van der Waals surface area contributed by atoms with E-state index in [0.717, 1.165) is 28.0 Å². The van der Waals surface area contributed by atoms with Crippen LogP contribution in [0.1, 0.15) is 5.82 Å². The summed E-state index contributed by atoms with van der Waals surface area (Å²) in [7, 11) is 0. The highest BCUT2D eigenvalue weighted by Gasteiger charge is 2.15. The predicted octanol–water partition coefficient (Wildman–Crippen LogP) is 8.09. The molecule has 0 radical (unpaired) electrons. The van der Waals surface area contributed by atoms with Crippen molar-refractivity contribution in [1.29, 1.82) is 0 Å². The first kappa shape index (κ1) is 19.4. The molecule has 0 aliphatic rings. The molecule has 0 unspecified atom stereocenters. The van der Waals surface area contributed by atoms with Crippen LogP contribution >= 0.6 is 0 Å². The summed E-state index contributed by atoms with van der Waals surface area (Å²) in [5, 5.41) is 3.49. The van der Waals surface area contributed by atoms with E-state index in [2.05, 4.69) is 109 Å². The van der Waals surface area contributed by atoms with Crippen molar-refractivity contribution < 1.29 is 0 Å². The molecule has 33 heavy (non-hydrogen) atoms. The van der Waals surface area contributed by atoms with E-state index in [4.69, 9.17) is 9.97 Å². The van der Waals surface area contributed by atoms with E-state index in [0.29, 0.717) is 0 Å². The Kier molecular flexibility index (Phi) is 4.70. The highest BCUT2D eigenvalue weighted by molar-refractivity contribution is 6.17. The van der Waals surface area contributed by atoms with E-state index in [1.54, 1.807) is 0 Å². The lowest BCUT2D eigenvalue weighted by molar-refractivity contribution is 1.10. The molecule has 0 fully saturated rings. The summed E-state index contributed by atoms with van der Waals surface area (Å²) in [5.41, 5.74) is 7.87. The first-order chi connectivity index (χ1) is 16.3. The smallest absolute Gasteiger partial charge is 0.126 e. The zero-order chi connectivity index (χ0) is 22.2. The summed E-state index contributed by atoms with van der Waals surface area (Å²) >= 11 is 0. The molecule has 0 amide bonds. The molecule has 0 spiro atoms. The molecule has 6 rings (SSSR count). The van der Waals surface area contributed by atoms with Crippen LogP contribution in [0.15, 0.2) is 115 Å². The standard InChI is InChI=1S/C31H22N2/c1-21-32-29-20-28(25-16-10-15-24(19-25)22-11-4-2-5-12-22)26-17-8-9-18-27(26)30(29)31(33-21)23-13-6-3-7-14-23/h2-20H,1H3. The number of benzene rings is 5. The fourth-order valence-corrected chi connectivity index (χ4v) is 4.66. The molecule has 0 bridgehead atoms. The van der Waals surface area contributed by atoms with Gasteiger partial charge in [0.1, 0.15) is 5.82 Å². The van der Waals surface area contributed by atoms with Gasteiger partial charge >= 0.3 is 0 Å². The summed E-state index contributed by atoms with van der Waals surface area (Å²) in [6.07, 6.45) is 0. The lowest BCUT2D eigenvalue weighted by Crippen LogP contribution is -1.96. The highest BCUT2D eigenvalue weighted by atomic mass is 14.9. The Morgan fingerprint density at radius 1 is 0.485 bits per heavy atom. The minimum Gasteiger partial charge on any atom is -0.233 e. The van der Waals surface area contributed by atoms with Gasteiger partial charge < -0.3 is 0 Å². The van der Waals surface area contributed by atoms with Gasteiger partial charge in [-0.25, -0.2) is 9.97 Å². The second-order valence-corrected chi connectivity index (χ2v) is 8.30. The Balaban J connectivity index is 1.66. The quantitative estimate of drug-likeness (QED) is 0.269. The number of hydrogen-bond acceptors (Lipinski definition) is 2. The van der Waals surface area contributed by atoms with Gasteiger partial charge in [-0.2, -0.15) is 0 Å². The SMILES string of the molecule is Cc1nc(-c2ccccc2)c2c(cc(-c3cccc(-c4ccccc4)c3)c3ccccc32)n1. The van der Waals surface area contributed by atoms with Crippen LogP contribution < -0.4 is 0 Å². The average Bonchev–Trinajstić information content (AvgIpc) is 2.88. The first-order valence-corrected chi connectivity index (χ1v) is 11.2. The van der Waals surface area contributed by atoms with Gasteiger partial charge in [-0.05, 0) is 52.1 Å². The number of aromatic nitrogens is 2. The maximum atomic E-state index is 4.87. The first-order valence-electron chi connectivity index (χ1n) is 11.2. The minimum atomic E-state index is 0.778. The summed E-state index contributed by atoms with van der Waals surface area (Å²) in [4.78, 5) is 9.73. The van der Waals surface area contributed by atoms with Crippen molar-refractivity contribution in [3.8, 4) is 33.5 Å². The molecule has 6 aromatic rings. The monoisotopic (exact) mass is 422 g/mol. The van der Waals surface area contributed by atoms with Crippen LogP contribution in [0.2, 0.25) is 0 Å². The van der Waals surface area contributed by atoms with E-state index < -0.39 is 0 Å². The molecule has 2 nitrogen and oxygen atoms in total. The van der Waals surface area contributed by atoms with Gasteiger partial charge in [0.25, 0.3) is 0 Å². The third-order valence-corrected chi connectivity index (χ3v) is 6.14. The number of fused-ring (bicyclic) bond motifs is 3. The van der Waals surface area contributed by atoms with Crippen LogP contribution in [0.3, 0.4) is 0 Å². The van der Waals surface area contributed by atoms with Crippen molar-refractivity contribution in [2.24, 2.45) is 0 Å². The summed E-state index contributed by atoms with van der Waals surface area (Å²) < 4.78 is 0. The molecular weight excluding hydrogens is 400 g/mol. The lowest BCUT2D eigenvalue weighted by Gasteiger charge is -2.15. The Bertz CT molecular complexity index is 1600. The molecule has 0 aliphatic carbocycles. The van der Waals surface area contributed by atoms with Crippen molar-refractivity contribution >= 4 is 21.7 Å². The summed E-state index contributed by atoms with van der Waals surface area (Å²) in [6, 6.07) is 40.5. The van der Waals surface area contributed by atoms with Gasteiger partial charge in [0.2, 0.25) is 0 Å². The number of aryl methyl sites for hydroxylation is 1. The van der Waals surface area contributed by atoms with Crippen LogP contribution in [-0.2, 0) is 0 Å². The zero-order valence-electron chi connectivity index (χ0n) is 18.4. The minimum absolute atomic E-state index is 0.778. The fraction of sp³-hybridized carbons (Fsp3) is 0.0323. The Hall–Kier alpha value is -4.30. The topological polar surface area (TPSA) is 25.8 Å². The van der Waals surface area contributed by atoms with Crippen LogP contribution in [0.4, 0.5) is 0 Å². The maximum Gasteiger partial charge on any atom is 0.126 e. The second-order valence-electron chi connectivity index (χ2n) is 8.30. The third kappa shape index (κ3) is 3.46. The van der Waals surface area contributed by atoms with Crippen molar-refractivity contribution in [2.45, 2.75) is 6.92 Å². The molecule has 0 N–H and O–H groups in total. The Morgan fingerprint density at radius 3 is 1.85 bits per heavy atom. The third-order valence-electron chi connectivity index (χ3n) is 6.14. The fourth-order valence-electron chi connectivity index (χ4n) is 4.66. The van der Waals surface area contributed by atoms with E-state index in [1.165, 1.54) is 33.0 Å². The van der Waals surface area contributed by atoms with Gasteiger partial charge in [-0.15, -0.1) is 0 Å². The molecule has 2 heteroatoms. The molecule has 0 saturated heterocycles. The van der Waals surface area contributed by atoms with Crippen molar-refractivity contribution in [3.05, 3.63) is 121 Å². The summed E-state index contributed by atoms with van der Waals surface area (Å²) in [5.74, 6) is 0.778. The Labute approximate surface area is 193 Å². The van der Waals surface area contributed by atoms with Crippen LogP contribution in [0.25, 0.3) is 55.2 Å². The molecule has 1 aromatic heterocycles. The van der Waals surface area contributed by atoms with E-state index in [9.17, 15) is 0 Å². The highest BCUT2D eigenvalue weighted by Crippen LogP contribution is 2.39. The maximum absolute atomic E-state index is 4.87. The van der Waals surface area contributed by atoms with Crippen LogP contribution in [-0.4, -0.2) is 9.97 Å². The van der Waals surface area contributed by atoms with Crippen LogP contribution in [0.5, 0.6) is 0 Å². The number of rotatable bonds is 3. The molecule has 5 aromatic carbocycles. The van der Waals surface area contributed by atoms with Gasteiger partial charge in [-0.3, -0.25) is 0 Å². The molecule has 156 valence electrons. The summed E-state index contributed by atoms with van der Waals surface area (Å²) in [6.45, 7) is 1.97. The lowest BCUT2D eigenvalue weighted by atomic mass is 9.92. The van der Waals surface area contributed by atoms with Crippen molar-refractivity contribution in [2.75, 3.05) is 0 Å². The normalized spacial score (nSPS) is 11.2. The molecule has 0 atom stereocenters. The number of hydrogen-bond donors (Lipinski definition) is 0. The molecule has 1 heterocycles. The number of nitrogens with zero attached hydrogens (tertiary/aromatic N) is 2. The molecular formula is C31H22N2. The van der Waals surface area contributed by atoms with E-state index >= 15 is 0 Å².